The second-order valence-corrected chi connectivity index (χ2v) is 10.9. The number of hydrogen-bond acceptors (Lipinski definition) is 7. The number of rotatable bonds is 21. The van der Waals surface area contributed by atoms with Crippen molar-refractivity contribution in [2.24, 2.45) is 11.5 Å². The van der Waals surface area contributed by atoms with Gasteiger partial charge in [-0.25, -0.2) is 0 Å². The topological polar surface area (TPSA) is 132 Å². The number of nitrogens with two attached hydrogens (primary N) is 2. The first-order valence-corrected chi connectivity index (χ1v) is 15.8. The van der Waals surface area contributed by atoms with Crippen LogP contribution in [0.15, 0.2) is 42.5 Å². The molecule has 2 amide bonds. The standard InChI is InChI=1S/C34H49FN2O7/c1-5-40-28(41-6-2)16-12-18-33(20-21-35)34(25-14-10-9-11-15-25,19-13-17-29(42-7-3)43-8-4)27-23-24(31(36)38)22-26(32(37)39)30(27)44-33/h9-11,14-15,22-23,28-29H,5-8,12-13,16-21H2,1-4H3,(H2,36,38)(H2,37,39). The summed E-state index contributed by atoms with van der Waals surface area (Å²) in [7, 11) is 0. The summed E-state index contributed by atoms with van der Waals surface area (Å²) in [4.78, 5) is 25.3. The Morgan fingerprint density at radius 1 is 0.795 bits per heavy atom. The van der Waals surface area contributed by atoms with Crippen molar-refractivity contribution < 1.29 is 37.7 Å². The molecule has 1 heterocycles. The van der Waals surface area contributed by atoms with Crippen molar-refractivity contribution in [1.82, 2.24) is 0 Å². The van der Waals surface area contributed by atoms with Crippen molar-refractivity contribution in [2.45, 2.75) is 96.2 Å². The summed E-state index contributed by atoms with van der Waals surface area (Å²) in [5, 5.41) is 0. The van der Waals surface area contributed by atoms with E-state index in [9.17, 15) is 14.0 Å². The van der Waals surface area contributed by atoms with E-state index in [2.05, 4.69) is 0 Å². The first-order valence-electron chi connectivity index (χ1n) is 15.8. The quantitative estimate of drug-likeness (QED) is 0.169. The van der Waals surface area contributed by atoms with Crippen LogP contribution in [-0.2, 0) is 24.4 Å². The van der Waals surface area contributed by atoms with Crippen LogP contribution in [0.4, 0.5) is 4.39 Å². The molecule has 2 atom stereocenters. The van der Waals surface area contributed by atoms with E-state index < -0.39 is 42.1 Å². The molecule has 0 fully saturated rings. The molecule has 2 aromatic carbocycles. The lowest BCUT2D eigenvalue weighted by Crippen LogP contribution is -2.53. The predicted molar refractivity (Wildman–Crippen MR) is 166 cm³/mol. The highest BCUT2D eigenvalue weighted by molar-refractivity contribution is 6.01. The molecule has 10 heteroatoms. The maximum atomic E-state index is 14.8. The minimum atomic E-state index is -1.14. The fourth-order valence-electron chi connectivity index (χ4n) is 6.62. The van der Waals surface area contributed by atoms with Gasteiger partial charge in [0.25, 0.3) is 5.91 Å². The largest absolute Gasteiger partial charge is 0.485 e. The molecule has 0 spiro atoms. The molecule has 0 saturated carbocycles. The Balaban J connectivity index is 2.25. The Morgan fingerprint density at radius 2 is 1.34 bits per heavy atom. The van der Waals surface area contributed by atoms with Gasteiger partial charge in [-0.1, -0.05) is 30.3 Å². The molecule has 9 nitrogen and oxygen atoms in total. The van der Waals surface area contributed by atoms with Crippen molar-refractivity contribution in [3.05, 3.63) is 64.7 Å². The van der Waals surface area contributed by atoms with Crippen molar-refractivity contribution in [1.29, 1.82) is 0 Å². The van der Waals surface area contributed by atoms with E-state index >= 15 is 0 Å². The SMILES string of the molecule is CCOC(CCCC1(CCF)Oc2c(C(N)=O)cc(C(N)=O)cc2C1(CCCC(OCC)OCC)c1ccccc1)OCC. The van der Waals surface area contributed by atoms with Gasteiger partial charge in [0.15, 0.2) is 12.6 Å². The predicted octanol–water partition coefficient (Wildman–Crippen LogP) is 5.80. The van der Waals surface area contributed by atoms with E-state index in [0.29, 0.717) is 70.5 Å². The highest BCUT2D eigenvalue weighted by Crippen LogP contribution is 2.60. The number of benzene rings is 2. The number of halogens is 1. The number of carbonyl (C=O) groups excluding carboxylic acids is 2. The Labute approximate surface area is 260 Å². The van der Waals surface area contributed by atoms with Crippen LogP contribution in [0.2, 0.25) is 0 Å². The van der Waals surface area contributed by atoms with E-state index in [0.717, 1.165) is 5.56 Å². The maximum absolute atomic E-state index is 14.8. The fraction of sp³-hybridized carbons (Fsp3) is 0.588. The van der Waals surface area contributed by atoms with E-state index in [1.807, 2.05) is 58.0 Å². The van der Waals surface area contributed by atoms with Crippen molar-refractivity contribution in [3.63, 3.8) is 0 Å². The minimum Gasteiger partial charge on any atom is -0.485 e. The Hall–Kier alpha value is -3.05. The summed E-state index contributed by atoms with van der Waals surface area (Å²) in [5.41, 5.74) is 11.1. The molecule has 0 saturated heterocycles. The van der Waals surface area contributed by atoms with Crippen molar-refractivity contribution >= 4 is 11.8 Å². The number of alkyl halides is 1. The van der Waals surface area contributed by atoms with E-state index in [1.54, 1.807) is 6.07 Å². The number of hydrogen-bond donors (Lipinski definition) is 2. The highest BCUT2D eigenvalue weighted by atomic mass is 19.1. The zero-order valence-electron chi connectivity index (χ0n) is 26.6. The molecule has 1 aliphatic heterocycles. The Morgan fingerprint density at radius 3 is 1.82 bits per heavy atom. The second-order valence-electron chi connectivity index (χ2n) is 10.9. The van der Waals surface area contributed by atoms with Gasteiger partial charge in [0.2, 0.25) is 5.91 Å². The van der Waals surface area contributed by atoms with Gasteiger partial charge in [-0.3, -0.25) is 14.0 Å². The van der Waals surface area contributed by atoms with Gasteiger partial charge in [0.05, 0.1) is 17.7 Å². The molecule has 1 aliphatic rings. The summed E-state index contributed by atoms with van der Waals surface area (Å²) >= 11 is 0. The minimum absolute atomic E-state index is 0.0367. The van der Waals surface area contributed by atoms with Crippen molar-refractivity contribution in [3.8, 4) is 5.75 Å². The number of primary amides is 2. The van der Waals surface area contributed by atoms with E-state index in [4.69, 9.17) is 35.2 Å². The van der Waals surface area contributed by atoms with Gasteiger partial charge in [0.1, 0.15) is 11.4 Å². The molecule has 4 N–H and O–H groups in total. The molecule has 2 aromatic rings. The van der Waals surface area contributed by atoms with Gasteiger partial charge >= 0.3 is 0 Å². The zero-order chi connectivity index (χ0) is 32.2. The molecular weight excluding hydrogens is 567 g/mol. The summed E-state index contributed by atoms with van der Waals surface area (Å²) in [6, 6.07) is 12.8. The van der Waals surface area contributed by atoms with Crippen LogP contribution in [-0.4, -0.2) is 63.1 Å². The number of ether oxygens (including phenoxy) is 5. The maximum Gasteiger partial charge on any atom is 0.252 e. The highest BCUT2D eigenvalue weighted by Gasteiger charge is 2.61. The van der Waals surface area contributed by atoms with Crippen LogP contribution in [0.5, 0.6) is 5.75 Å². The monoisotopic (exact) mass is 616 g/mol. The summed E-state index contributed by atoms with van der Waals surface area (Å²) < 4.78 is 44.9. The summed E-state index contributed by atoms with van der Waals surface area (Å²) in [6.07, 6.45) is 2.46. The van der Waals surface area contributed by atoms with Gasteiger partial charge < -0.3 is 35.2 Å². The molecular formula is C34H49FN2O7. The average Bonchev–Trinajstić information content (AvgIpc) is 3.27. The van der Waals surface area contributed by atoms with Gasteiger partial charge in [-0.15, -0.1) is 0 Å². The average molecular weight is 617 g/mol. The first-order chi connectivity index (χ1) is 21.2. The number of amides is 2. The third-order valence-electron chi connectivity index (χ3n) is 8.36. The molecule has 0 radical (unpaired) electrons. The molecule has 3 rings (SSSR count). The lowest BCUT2D eigenvalue weighted by atomic mass is 9.59. The Kier molecular flexibility index (Phi) is 13.6. The van der Waals surface area contributed by atoms with Gasteiger partial charge in [-0.05, 0) is 83.9 Å². The molecule has 0 aliphatic carbocycles. The summed E-state index contributed by atoms with van der Waals surface area (Å²) in [5.74, 6) is -1.20. The van der Waals surface area contributed by atoms with Crippen LogP contribution < -0.4 is 16.2 Å². The first kappa shape index (κ1) is 35.4. The van der Waals surface area contributed by atoms with E-state index in [1.165, 1.54) is 6.07 Å². The van der Waals surface area contributed by atoms with Crippen LogP contribution in [0.1, 0.15) is 104 Å². The summed E-state index contributed by atoms with van der Waals surface area (Å²) in [6.45, 7) is 8.97. The van der Waals surface area contributed by atoms with Crippen LogP contribution in [0.3, 0.4) is 0 Å². The lowest BCUT2D eigenvalue weighted by Gasteiger charge is -2.46. The zero-order valence-corrected chi connectivity index (χ0v) is 26.6. The smallest absolute Gasteiger partial charge is 0.252 e. The van der Waals surface area contributed by atoms with Crippen molar-refractivity contribution in [2.75, 3.05) is 33.1 Å². The van der Waals surface area contributed by atoms with Gasteiger partial charge in [0, 0.05) is 44.0 Å². The molecule has 0 bridgehead atoms. The van der Waals surface area contributed by atoms with Crippen LogP contribution in [0, 0.1) is 0 Å². The number of fused-ring (bicyclic) bond motifs is 1. The second kappa shape index (κ2) is 16.9. The molecule has 44 heavy (non-hydrogen) atoms. The third kappa shape index (κ3) is 7.77. The molecule has 0 aromatic heterocycles. The molecule has 2 unspecified atom stereocenters. The normalized spacial score (nSPS) is 19.3. The fourth-order valence-corrected chi connectivity index (χ4v) is 6.62. The van der Waals surface area contributed by atoms with Crippen LogP contribution in [0.25, 0.3) is 0 Å². The molecule has 244 valence electrons. The van der Waals surface area contributed by atoms with Crippen LogP contribution >= 0.6 is 0 Å². The van der Waals surface area contributed by atoms with E-state index in [-0.39, 0.29) is 23.3 Å². The lowest BCUT2D eigenvalue weighted by molar-refractivity contribution is -0.143. The van der Waals surface area contributed by atoms with Gasteiger partial charge in [-0.2, -0.15) is 0 Å². The Bertz CT molecular complexity index is 1200. The number of carbonyl (C=O) groups is 2. The third-order valence-corrected chi connectivity index (χ3v) is 8.36.